The molecule has 0 nitrogen and oxygen atoms in total. The van der Waals surface area contributed by atoms with Gasteiger partial charge in [-0.15, -0.1) is 0 Å². The van der Waals surface area contributed by atoms with Crippen LogP contribution in [0.2, 0.25) is 0 Å². The normalized spacial score (nSPS) is 11.0. The van der Waals surface area contributed by atoms with E-state index >= 15 is 0 Å². The van der Waals surface area contributed by atoms with Crippen molar-refractivity contribution in [3.05, 3.63) is 115 Å². The van der Waals surface area contributed by atoms with Crippen molar-refractivity contribution in [2.75, 3.05) is 0 Å². The van der Waals surface area contributed by atoms with Crippen molar-refractivity contribution >= 4 is 5.57 Å². The first-order chi connectivity index (χ1) is 13.3. The molecular weight excluding hydrogens is 324 g/mol. The molecule has 0 fully saturated rings. The Balaban J connectivity index is 0.00000126. The van der Waals surface area contributed by atoms with Crippen LogP contribution in [-0.2, 0) is 0 Å². The lowest BCUT2D eigenvalue weighted by molar-refractivity contribution is 1.50. The van der Waals surface area contributed by atoms with Crippen molar-refractivity contribution in [2.24, 2.45) is 0 Å². The lowest BCUT2D eigenvalue weighted by atomic mass is 9.93. The summed E-state index contributed by atoms with van der Waals surface area (Å²) in [5.41, 5.74) is 7.16. The van der Waals surface area contributed by atoms with Gasteiger partial charge in [0.2, 0.25) is 0 Å². The maximum atomic E-state index is 3.99. The number of hydrogen-bond acceptors (Lipinski definition) is 0. The smallest absolute Gasteiger partial charge is 0.0172 e. The second-order valence-electron chi connectivity index (χ2n) is 5.88. The van der Waals surface area contributed by atoms with Crippen LogP contribution in [-0.4, -0.2) is 0 Å². The highest BCUT2D eigenvalue weighted by Crippen LogP contribution is 2.31. The number of hydrogen-bond donors (Lipinski definition) is 0. The zero-order valence-electron chi connectivity index (χ0n) is 16.5. The Kier molecular flexibility index (Phi) is 8.06. The van der Waals surface area contributed by atoms with Crippen molar-refractivity contribution < 1.29 is 0 Å². The third kappa shape index (κ3) is 5.43. The van der Waals surface area contributed by atoms with Crippen molar-refractivity contribution in [2.45, 2.75) is 20.8 Å². The molecule has 0 heteroatoms. The quantitative estimate of drug-likeness (QED) is 0.406. The number of benzene rings is 3. The Labute approximate surface area is 164 Å². The van der Waals surface area contributed by atoms with E-state index in [9.17, 15) is 0 Å². The van der Waals surface area contributed by atoms with Crippen molar-refractivity contribution in [1.29, 1.82) is 0 Å². The van der Waals surface area contributed by atoms with Gasteiger partial charge in [-0.3, -0.25) is 0 Å². The van der Waals surface area contributed by atoms with Gasteiger partial charge in [0.05, 0.1) is 0 Å². The van der Waals surface area contributed by atoms with Gasteiger partial charge < -0.3 is 0 Å². The fourth-order valence-corrected chi connectivity index (χ4v) is 2.87. The van der Waals surface area contributed by atoms with Crippen LogP contribution in [0.4, 0.5) is 0 Å². The van der Waals surface area contributed by atoms with E-state index in [2.05, 4.69) is 79.4 Å². The first-order valence-corrected chi connectivity index (χ1v) is 9.53. The molecule has 0 unspecified atom stereocenters. The minimum atomic E-state index is 1.12. The third-order valence-corrected chi connectivity index (χ3v) is 4.17. The molecule has 0 bridgehead atoms. The predicted molar refractivity (Wildman–Crippen MR) is 122 cm³/mol. The van der Waals surface area contributed by atoms with Crippen molar-refractivity contribution in [3.8, 4) is 22.3 Å². The highest BCUT2D eigenvalue weighted by atomic mass is 14.1. The Bertz CT molecular complexity index is 840. The van der Waals surface area contributed by atoms with Crippen molar-refractivity contribution in [1.82, 2.24) is 0 Å². The van der Waals surface area contributed by atoms with E-state index in [-0.39, 0.29) is 0 Å². The lowest BCUT2D eigenvalue weighted by Gasteiger charge is -2.11. The van der Waals surface area contributed by atoms with E-state index < -0.39 is 0 Å². The summed E-state index contributed by atoms with van der Waals surface area (Å²) in [6.45, 7) is 10.0. The van der Waals surface area contributed by atoms with Crippen LogP contribution >= 0.6 is 0 Å². The molecule has 0 radical (unpaired) electrons. The van der Waals surface area contributed by atoms with E-state index in [0.29, 0.717) is 0 Å². The first-order valence-electron chi connectivity index (χ1n) is 9.53. The van der Waals surface area contributed by atoms with Gasteiger partial charge in [-0.05, 0) is 58.5 Å². The zero-order valence-corrected chi connectivity index (χ0v) is 16.5. The highest BCUT2D eigenvalue weighted by Gasteiger charge is 2.07. The summed E-state index contributed by atoms with van der Waals surface area (Å²) in [6, 6.07) is 27.7. The van der Waals surface area contributed by atoms with E-state index in [4.69, 9.17) is 0 Å². The van der Waals surface area contributed by atoms with E-state index in [0.717, 1.165) is 5.57 Å². The van der Waals surface area contributed by atoms with E-state index in [1.165, 1.54) is 27.8 Å². The van der Waals surface area contributed by atoms with Gasteiger partial charge in [-0.25, -0.2) is 0 Å². The summed E-state index contributed by atoms with van der Waals surface area (Å²) in [6.07, 6.45) is 8.10. The van der Waals surface area contributed by atoms with Gasteiger partial charge >= 0.3 is 0 Å². The molecule has 0 aromatic heterocycles. The summed E-state index contributed by atoms with van der Waals surface area (Å²) in [5, 5.41) is 0. The summed E-state index contributed by atoms with van der Waals surface area (Å²) >= 11 is 0. The molecule has 136 valence electrons. The topological polar surface area (TPSA) is 0 Å². The minimum Gasteiger partial charge on any atom is -0.0984 e. The lowest BCUT2D eigenvalue weighted by Crippen LogP contribution is -1.88. The maximum absolute atomic E-state index is 3.99. The number of rotatable bonds is 5. The van der Waals surface area contributed by atoms with Gasteiger partial charge in [0.25, 0.3) is 0 Å². The predicted octanol–water partition coefficient (Wildman–Crippen LogP) is 8.19. The minimum absolute atomic E-state index is 1.12. The van der Waals surface area contributed by atoms with Crippen LogP contribution < -0.4 is 0 Å². The molecule has 0 aliphatic carbocycles. The standard InChI is InChI=1S/C25H22.C2H6/c1-3-5-12-20(4-2)23-17-24(21-13-8-6-9-14-21)19-25(18-23)22-15-10-7-11-16-22;1-2/h3-19H,2H2,1H3;1-2H3/b5-3-,20-12+;. The second-order valence-corrected chi connectivity index (χ2v) is 5.88. The van der Waals surface area contributed by atoms with E-state index in [1.54, 1.807) is 0 Å². The van der Waals surface area contributed by atoms with Gasteiger partial charge in [-0.2, -0.15) is 0 Å². The molecule has 0 aliphatic heterocycles. The van der Waals surface area contributed by atoms with Crippen molar-refractivity contribution in [3.63, 3.8) is 0 Å². The molecule has 0 N–H and O–H groups in total. The Hall–Kier alpha value is -3.12. The van der Waals surface area contributed by atoms with Gasteiger partial charge in [-0.1, -0.05) is 105 Å². The first kappa shape index (κ1) is 20.2. The molecule has 0 heterocycles. The Morgan fingerprint density at radius 1 is 0.704 bits per heavy atom. The summed E-state index contributed by atoms with van der Waals surface area (Å²) in [4.78, 5) is 0. The van der Waals surface area contributed by atoms with Crippen LogP contribution in [0, 0.1) is 0 Å². The van der Waals surface area contributed by atoms with Gasteiger partial charge in [0.15, 0.2) is 0 Å². The molecule has 3 aromatic rings. The second kappa shape index (κ2) is 10.8. The van der Waals surface area contributed by atoms with Gasteiger partial charge in [0.1, 0.15) is 0 Å². The summed E-state index contributed by atoms with van der Waals surface area (Å²) < 4.78 is 0. The van der Waals surface area contributed by atoms with Gasteiger partial charge in [0, 0.05) is 0 Å². The molecule has 0 spiro atoms. The van der Waals surface area contributed by atoms with Crippen LogP contribution in [0.15, 0.2) is 110 Å². The number of allylic oxidation sites excluding steroid dienone is 5. The molecule has 0 saturated heterocycles. The molecule has 0 saturated carbocycles. The molecule has 0 amide bonds. The zero-order chi connectivity index (χ0) is 19.5. The largest absolute Gasteiger partial charge is 0.0984 e. The Morgan fingerprint density at radius 2 is 1.19 bits per heavy atom. The average Bonchev–Trinajstić information content (AvgIpc) is 2.77. The fourth-order valence-electron chi connectivity index (χ4n) is 2.87. The van der Waals surface area contributed by atoms with Crippen LogP contribution in [0.1, 0.15) is 26.3 Å². The monoisotopic (exact) mass is 352 g/mol. The SMILES string of the molecule is C=C/C(=C\C=C/C)c1cc(-c2ccccc2)cc(-c2ccccc2)c1.CC. The highest BCUT2D eigenvalue weighted by molar-refractivity contribution is 5.83. The average molecular weight is 353 g/mol. The molecule has 27 heavy (non-hydrogen) atoms. The maximum Gasteiger partial charge on any atom is -0.0172 e. The molecule has 0 aliphatic rings. The van der Waals surface area contributed by atoms with E-state index in [1.807, 2.05) is 51.1 Å². The molecule has 0 atom stereocenters. The fraction of sp³-hybridized carbons (Fsp3) is 0.111. The van der Waals surface area contributed by atoms with Crippen LogP contribution in [0.3, 0.4) is 0 Å². The third-order valence-electron chi connectivity index (χ3n) is 4.17. The van der Waals surface area contributed by atoms with Crippen LogP contribution in [0.5, 0.6) is 0 Å². The molecular formula is C27H28. The molecule has 3 rings (SSSR count). The Morgan fingerprint density at radius 3 is 1.59 bits per heavy atom. The molecule has 3 aromatic carbocycles. The summed E-state index contributed by atoms with van der Waals surface area (Å²) in [7, 11) is 0. The summed E-state index contributed by atoms with van der Waals surface area (Å²) in [5.74, 6) is 0. The van der Waals surface area contributed by atoms with Crippen LogP contribution in [0.25, 0.3) is 27.8 Å².